The summed E-state index contributed by atoms with van der Waals surface area (Å²) >= 11 is 1.58. The Morgan fingerprint density at radius 3 is 2.56 bits per heavy atom. The third kappa shape index (κ3) is 3.73. The van der Waals surface area contributed by atoms with Gasteiger partial charge in [0.2, 0.25) is 5.91 Å². The average Bonchev–Trinajstić information content (AvgIpc) is 2.39. The van der Waals surface area contributed by atoms with Crippen LogP contribution in [0.4, 0.5) is 0 Å². The summed E-state index contributed by atoms with van der Waals surface area (Å²) in [4.78, 5) is 11.6. The Hall–Kier alpha value is -1.04. The van der Waals surface area contributed by atoms with E-state index in [2.05, 4.69) is 0 Å². The molecule has 0 saturated carbocycles. The number of rotatable bonds is 7. The topological polar surface area (TPSA) is 89.3 Å². The van der Waals surface area contributed by atoms with Gasteiger partial charge >= 0.3 is 0 Å². The molecule has 0 radical (unpaired) electrons. The summed E-state index contributed by atoms with van der Waals surface area (Å²) < 4.78 is 0. The number of aliphatic hydroxyl groups excluding tert-OH is 1. The Balaban J connectivity index is 2.73. The van der Waals surface area contributed by atoms with Crippen LogP contribution < -0.4 is 11.5 Å². The molecule has 0 fully saturated rings. The van der Waals surface area contributed by atoms with Crippen LogP contribution in [0, 0.1) is 0 Å². The lowest BCUT2D eigenvalue weighted by atomic mass is 9.88. The fourth-order valence-corrected chi connectivity index (χ4v) is 2.57. The second-order valence-corrected chi connectivity index (χ2v) is 5.86. The number of carbonyl (C=O) groups is 1. The molecule has 5 N–H and O–H groups in total. The van der Waals surface area contributed by atoms with Gasteiger partial charge < -0.3 is 16.6 Å². The zero-order valence-corrected chi connectivity index (χ0v) is 11.3. The first kappa shape index (κ1) is 15.0. The summed E-state index contributed by atoms with van der Waals surface area (Å²) in [6.07, 6.45) is 0.460. The van der Waals surface area contributed by atoms with E-state index in [4.69, 9.17) is 16.6 Å². The summed E-state index contributed by atoms with van der Waals surface area (Å²) in [5.41, 5.74) is 11.2. The molecule has 0 aliphatic carbocycles. The monoisotopic (exact) mass is 268 g/mol. The summed E-state index contributed by atoms with van der Waals surface area (Å²) in [5, 5.41) is 9.08. The third-order valence-electron chi connectivity index (χ3n) is 2.88. The Bertz CT molecular complexity index is 386. The molecule has 0 aromatic heterocycles. The quantitative estimate of drug-likeness (QED) is 0.683. The van der Waals surface area contributed by atoms with Gasteiger partial charge in [0.05, 0.1) is 6.61 Å². The number of nitrogens with two attached hydrogens (primary N) is 2. The number of amides is 1. The van der Waals surface area contributed by atoms with E-state index in [9.17, 15) is 4.79 Å². The van der Waals surface area contributed by atoms with Crippen molar-refractivity contribution in [3.8, 4) is 0 Å². The van der Waals surface area contributed by atoms with Gasteiger partial charge in [-0.25, -0.2) is 0 Å². The molecular weight excluding hydrogens is 248 g/mol. The van der Waals surface area contributed by atoms with Gasteiger partial charge in [-0.1, -0.05) is 37.3 Å². The number of carbonyl (C=O) groups excluding carboxylic acids is 1. The molecule has 2 atom stereocenters. The Morgan fingerprint density at radius 1 is 1.44 bits per heavy atom. The minimum atomic E-state index is -1.14. The van der Waals surface area contributed by atoms with Crippen molar-refractivity contribution in [2.45, 2.75) is 24.1 Å². The summed E-state index contributed by atoms with van der Waals surface area (Å²) in [6, 6.07) is 9.16. The minimum absolute atomic E-state index is 0.115. The largest absolute Gasteiger partial charge is 0.395 e. The van der Waals surface area contributed by atoms with Gasteiger partial charge in [0, 0.05) is 5.25 Å². The van der Waals surface area contributed by atoms with E-state index >= 15 is 0 Å². The molecule has 0 heterocycles. The second kappa shape index (κ2) is 6.78. The van der Waals surface area contributed by atoms with Crippen LogP contribution in [0.3, 0.4) is 0 Å². The summed E-state index contributed by atoms with van der Waals surface area (Å²) in [6.45, 7) is 2.04. The van der Waals surface area contributed by atoms with Crippen LogP contribution >= 0.6 is 11.8 Å². The number of hydrogen-bond donors (Lipinski definition) is 3. The number of benzene rings is 1. The predicted octanol–water partition coefficient (Wildman–Crippen LogP) is 0.830. The smallest absolute Gasteiger partial charge is 0.242 e. The number of hydrogen-bond acceptors (Lipinski definition) is 4. The molecule has 5 heteroatoms. The van der Waals surface area contributed by atoms with Crippen molar-refractivity contribution in [2.75, 3.05) is 12.4 Å². The SMILES string of the molecule is CC(CO)SCCC(N)(C(N)=O)c1ccccc1. The number of aliphatic hydroxyl groups is 1. The number of primary amides is 1. The van der Waals surface area contributed by atoms with Crippen molar-refractivity contribution >= 4 is 17.7 Å². The molecule has 4 nitrogen and oxygen atoms in total. The van der Waals surface area contributed by atoms with E-state index in [0.29, 0.717) is 12.2 Å². The van der Waals surface area contributed by atoms with Crippen molar-refractivity contribution in [3.05, 3.63) is 35.9 Å². The van der Waals surface area contributed by atoms with Gasteiger partial charge in [0.1, 0.15) is 5.54 Å². The average molecular weight is 268 g/mol. The van der Waals surface area contributed by atoms with Crippen LogP contribution in [0.1, 0.15) is 18.9 Å². The van der Waals surface area contributed by atoms with E-state index in [0.717, 1.165) is 5.56 Å². The van der Waals surface area contributed by atoms with Crippen molar-refractivity contribution in [2.24, 2.45) is 11.5 Å². The van der Waals surface area contributed by atoms with Gasteiger partial charge in [-0.2, -0.15) is 11.8 Å². The molecule has 18 heavy (non-hydrogen) atoms. The van der Waals surface area contributed by atoms with Crippen LogP contribution in [0.5, 0.6) is 0 Å². The van der Waals surface area contributed by atoms with Gasteiger partial charge in [0.25, 0.3) is 0 Å². The lowest BCUT2D eigenvalue weighted by Crippen LogP contribution is -2.49. The molecule has 1 aromatic rings. The molecule has 0 aliphatic rings. The van der Waals surface area contributed by atoms with Crippen molar-refractivity contribution in [1.29, 1.82) is 0 Å². The molecule has 2 unspecified atom stereocenters. The first-order chi connectivity index (χ1) is 8.50. The molecule has 1 rings (SSSR count). The first-order valence-corrected chi connectivity index (χ1v) is 6.92. The van der Waals surface area contributed by atoms with Crippen LogP contribution in [0.25, 0.3) is 0 Å². The predicted molar refractivity (Wildman–Crippen MR) is 75.1 cm³/mol. The van der Waals surface area contributed by atoms with E-state index < -0.39 is 11.4 Å². The second-order valence-electron chi connectivity index (χ2n) is 4.32. The minimum Gasteiger partial charge on any atom is -0.395 e. The molecule has 100 valence electrons. The highest BCUT2D eigenvalue weighted by molar-refractivity contribution is 7.99. The van der Waals surface area contributed by atoms with E-state index in [-0.39, 0.29) is 11.9 Å². The lowest BCUT2D eigenvalue weighted by molar-refractivity contribution is -0.123. The van der Waals surface area contributed by atoms with E-state index in [1.807, 2.05) is 37.3 Å². The molecule has 1 amide bonds. The molecule has 0 saturated heterocycles. The normalized spacial score (nSPS) is 15.9. The standard InChI is InChI=1S/C13H20N2O2S/c1-10(9-16)18-8-7-13(15,12(14)17)11-5-3-2-4-6-11/h2-6,10,16H,7-9,15H2,1H3,(H2,14,17). The maximum Gasteiger partial charge on any atom is 0.242 e. The highest BCUT2D eigenvalue weighted by atomic mass is 32.2. The van der Waals surface area contributed by atoms with Crippen LogP contribution in [-0.2, 0) is 10.3 Å². The lowest BCUT2D eigenvalue weighted by Gasteiger charge is -2.26. The fourth-order valence-electron chi connectivity index (χ4n) is 1.62. The molecular formula is C13H20N2O2S. The van der Waals surface area contributed by atoms with E-state index in [1.54, 1.807) is 11.8 Å². The Kier molecular flexibility index (Phi) is 5.65. The zero-order valence-electron chi connectivity index (χ0n) is 10.5. The van der Waals surface area contributed by atoms with Crippen molar-refractivity contribution < 1.29 is 9.90 Å². The van der Waals surface area contributed by atoms with E-state index in [1.165, 1.54) is 0 Å². The van der Waals surface area contributed by atoms with Crippen LogP contribution in [0.15, 0.2) is 30.3 Å². The zero-order chi connectivity index (χ0) is 13.6. The van der Waals surface area contributed by atoms with Gasteiger partial charge in [0.15, 0.2) is 0 Å². The molecule has 0 bridgehead atoms. The van der Waals surface area contributed by atoms with Gasteiger partial charge in [-0.3, -0.25) is 4.79 Å². The van der Waals surface area contributed by atoms with Crippen molar-refractivity contribution in [3.63, 3.8) is 0 Å². The first-order valence-electron chi connectivity index (χ1n) is 5.87. The highest BCUT2D eigenvalue weighted by Gasteiger charge is 2.33. The maximum absolute atomic E-state index is 11.6. The summed E-state index contributed by atoms with van der Waals surface area (Å²) in [7, 11) is 0. The Morgan fingerprint density at radius 2 is 2.06 bits per heavy atom. The third-order valence-corrected chi connectivity index (χ3v) is 4.04. The maximum atomic E-state index is 11.6. The van der Waals surface area contributed by atoms with Gasteiger partial charge in [-0.15, -0.1) is 0 Å². The van der Waals surface area contributed by atoms with Crippen LogP contribution in [0.2, 0.25) is 0 Å². The molecule has 1 aromatic carbocycles. The highest BCUT2D eigenvalue weighted by Crippen LogP contribution is 2.25. The number of thioether (sulfide) groups is 1. The van der Waals surface area contributed by atoms with Crippen molar-refractivity contribution in [1.82, 2.24) is 0 Å². The molecule has 0 spiro atoms. The van der Waals surface area contributed by atoms with Crippen LogP contribution in [-0.4, -0.2) is 28.6 Å². The Labute approximate surface area is 112 Å². The van der Waals surface area contributed by atoms with Gasteiger partial charge in [-0.05, 0) is 17.7 Å². The summed E-state index contributed by atoms with van der Waals surface area (Å²) in [5.74, 6) is 0.154. The fraction of sp³-hybridized carbons (Fsp3) is 0.462. The molecule has 0 aliphatic heterocycles.